The quantitative estimate of drug-likeness (QED) is 0.803. The van der Waals surface area contributed by atoms with E-state index in [0.29, 0.717) is 0 Å². The van der Waals surface area contributed by atoms with Crippen molar-refractivity contribution >= 4 is 17.7 Å². The number of rotatable bonds is 5. The predicted molar refractivity (Wildman–Crippen MR) is 109 cm³/mol. The Hall–Kier alpha value is -1.94. The number of carbonyl (C=O) groups is 1. The molecule has 1 N–H and O–H groups in total. The first-order valence-electron chi connectivity index (χ1n) is 9.09. The van der Waals surface area contributed by atoms with E-state index in [4.69, 9.17) is 4.74 Å². The average molecular weight is 370 g/mol. The van der Waals surface area contributed by atoms with E-state index in [0.717, 1.165) is 23.5 Å². The molecule has 0 spiro atoms. The van der Waals surface area contributed by atoms with Crippen LogP contribution in [0.1, 0.15) is 49.9 Å². The Morgan fingerprint density at radius 2 is 2.00 bits per heavy atom. The Kier molecular flexibility index (Phi) is 5.61. The molecular formula is C22H27NO2S. The summed E-state index contributed by atoms with van der Waals surface area (Å²) in [6.45, 7) is 8.19. The van der Waals surface area contributed by atoms with Crippen LogP contribution in [0, 0.1) is 6.92 Å². The fourth-order valence-corrected chi connectivity index (χ4v) is 4.12. The molecule has 0 fully saturated rings. The lowest BCUT2D eigenvalue weighted by Gasteiger charge is -2.38. The Bertz CT molecular complexity index is 773. The molecule has 0 aliphatic carbocycles. The number of ether oxygens (including phenoxy) is 1. The lowest BCUT2D eigenvalue weighted by Crippen LogP contribution is -2.43. The molecular weight excluding hydrogens is 342 g/mol. The zero-order valence-electron chi connectivity index (χ0n) is 15.9. The van der Waals surface area contributed by atoms with Crippen LogP contribution in [0.5, 0.6) is 5.75 Å². The van der Waals surface area contributed by atoms with E-state index >= 15 is 0 Å². The van der Waals surface area contributed by atoms with Crippen LogP contribution in [0.2, 0.25) is 0 Å². The zero-order chi connectivity index (χ0) is 18.7. The smallest absolute Gasteiger partial charge is 0.233 e. The van der Waals surface area contributed by atoms with Crippen molar-refractivity contribution in [3.63, 3.8) is 0 Å². The standard InChI is InChI=1S/C22H27NO2S/c1-15-10-11-20-18(12-15)19(13-22(3,4)25-20)23-21(24)16(2)26-14-17-8-6-5-7-9-17/h5-12,16,19H,13-14H2,1-4H3,(H,23,24)/t16-,19-/m0/s1. The van der Waals surface area contributed by atoms with Gasteiger partial charge in [-0.05, 0) is 39.3 Å². The third-order valence-corrected chi connectivity index (χ3v) is 5.87. The third kappa shape index (κ3) is 4.61. The van der Waals surface area contributed by atoms with Gasteiger partial charge >= 0.3 is 0 Å². The highest BCUT2D eigenvalue weighted by Gasteiger charge is 2.35. The lowest BCUT2D eigenvalue weighted by molar-refractivity contribution is -0.121. The Morgan fingerprint density at radius 3 is 2.73 bits per heavy atom. The minimum Gasteiger partial charge on any atom is -0.487 e. The molecule has 138 valence electrons. The maximum absolute atomic E-state index is 12.8. The second-order valence-corrected chi connectivity index (χ2v) is 8.94. The number of carbonyl (C=O) groups excluding carboxylic acids is 1. The van der Waals surface area contributed by atoms with Crippen molar-refractivity contribution in [3.05, 3.63) is 65.2 Å². The summed E-state index contributed by atoms with van der Waals surface area (Å²) < 4.78 is 6.10. The van der Waals surface area contributed by atoms with Gasteiger partial charge < -0.3 is 10.1 Å². The summed E-state index contributed by atoms with van der Waals surface area (Å²) in [6, 6.07) is 16.4. The highest BCUT2D eigenvalue weighted by molar-refractivity contribution is 7.99. The Balaban J connectivity index is 1.67. The number of thioether (sulfide) groups is 1. The monoisotopic (exact) mass is 369 g/mol. The van der Waals surface area contributed by atoms with E-state index in [-0.39, 0.29) is 22.8 Å². The molecule has 3 rings (SSSR count). The van der Waals surface area contributed by atoms with Gasteiger partial charge in [-0.15, -0.1) is 11.8 Å². The lowest BCUT2D eigenvalue weighted by atomic mass is 9.89. The zero-order valence-corrected chi connectivity index (χ0v) is 16.7. The molecule has 0 unspecified atom stereocenters. The summed E-state index contributed by atoms with van der Waals surface area (Å²) in [6.07, 6.45) is 0.769. The van der Waals surface area contributed by atoms with E-state index in [2.05, 4.69) is 50.4 Å². The van der Waals surface area contributed by atoms with Crippen LogP contribution in [0.25, 0.3) is 0 Å². The van der Waals surface area contributed by atoms with Gasteiger partial charge in [0.25, 0.3) is 0 Å². The van der Waals surface area contributed by atoms with Crippen LogP contribution in [0.4, 0.5) is 0 Å². The van der Waals surface area contributed by atoms with Gasteiger partial charge in [-0.3, -0.25) is 4.79 Å². The van der Waals surface area contributed by atoms with Crippen LogP contribution in [-0.4, -0.2) is 16.8 Å². The Labute approximate surface area is 160 Å². The van der Waals surface area contributed by atoms with Crippen LogP contribution < -0.4 is 10.1 Å². The molecule has 26 heavy (non-hydrogen) atoms. The number of amides is 1. The van der Waals surface area contributed by atoms with Crippen molar-refractivity contribution < 1.29 is 9.53 Å². The topological polar surface area (TPSA) is 38.3 Å². The average Bonchev–Trinajstić information content (AvgIpc) is 2.60. The van der Waals surface area contributed by atoms with Crippen molar-refractivity contribution in [3.8, 4) is 5.75 Å². The van der Waals surface area contributed by atoms with E-state index < -0.39 is 0 Å². The van der Waals surface area contributed by atoms with Crippen molar-refractivity contribution in [1.82, 2.24) is 5.32 Å². The second-order valence-electron chi connectivity index (χ2n) is 7.61. The van der Waals surface area contributed by atoms with Gasteiger partial charge in [0.1, 0.15) is 11.4 Å². The second kappa shape index (κ2) is 7.75. The summed E-state index contributed by atoms with van der Waals surface area (Å²) in [5.74, 6) is 1.80. The molecule has 0 bridgehead atoms. The van der Waals surface area contributed by atoms with E-state index in [1.54, 1.807) is 11.8 Å². The molecule has 1 aliphatic rings. The van der Waals surface area contributed by atoms with Gasteiger partial charge in [0, 0.05) is 17.7 Å². The summed E-state index contributed by atoms with van der Waals surface area (Å²) in [7, 11) is 0. The molecule has 4 heteroatoms. The highest BCUT2D eigenvalue weighted by Crippen LogP contribution is 2.40. The van der Waals surface area contributed by atoms with Gasteiger partial charge in [-0.25, -0.2) is 0 Å². The summed E-state index contributed by atoms with van der Waals surface area (Å²) in [5.41, 5.74) is 3.21. The number of hydrogen-bond acceptors (Lipinski definition) is 3. The first kappa shape index (κ1) is 18.8. The van der Waals surface area contributed by atoms with Crippen molar-refractivity contribution in [2.24, 2.45) is 0 Å². The fraction of sp³-hybridized carbons (Fsp3) is 0.409. The first-order chi connectivity index (χ1) is 12.3. The maximum Gasteiger partial charge on any atom is 0.233 e. The van der Waals surface area contributed by atoms with E-state index in [9.17, 15) is 4.79 Å². The molecule has 2 atom stereocenters. The third-order valence-electron chi connectivity index (χ3n) is 4.65. The van der Waals surface area contributed by atoms with Crippen molar-refractivity contribution in [2.45, 2.75) is 56.8 Å². The van der Waals surface area contributed by atoms with Gasteiger partial charge in [-0.1, -0.05) is 48.0 Å². The molecule has 1 heterocycles. The normalized spacial score (nSPS) is 19.2. The van der Waals surface area contributed by atoms with Crippen molar-refractivity contribution in [2.75, 3.05) is 0 Å². The van der Waals surface area contributed by atoms with E-state index in [1.807, 2.05) is 31.2 Å². The molecule has 0 saturated carbocycles. The summed E-state index contributed by atoms with van der Waals surface area (Å²) in [5, 5.41) is 3.15. The number of benzene rings is 2. The molecule has 2 aromatic carbocycles. The molecule has 0 aromatic heterocycles. The predicted octanol–water partition coefficient (Wildman–Crippen LogP) is 5.04. The molecule has 2 aromatic rings. The molecule has 0 radical (unpaired) electrons. The number of nitrogens with one attached hydrogen (secondary N) is 1. The first-order valence-corrected chi connectivity index (χ1v) is 10.1. The van der Waals surface area contributed by atoms with Gasteiger partial charge in [0.2, 0.25) is 5.91 Å². The minimum absolute atomic E-state index is 0.0130. The Morgan fingerprint density at radius 1 is 1.27 bits per heavy atom. The summed E-state index contributed by atoms with van der Waals surface area (Å²) in [4.78, 5) is 12.8. The largest absolute Gasteiger partial charge is 0.487 e. The van der Waals surface area contributed by atoms with Crippen LogP contribution >= 0.6 is 11.8 Å². The minimum atomic E-state index is -0.291. The maximum atomic E-state index is 12.8. The molecule has 1 aliphatic heterocycles. The number of hydrogen-bond donors (Lipinski definition) is 1. The van der Waals surface area contributed by atoms with Crippen molar-refractivity contribution in [1.29, 1.82) is 0 Å². The van der Waals surface area contributed by atoms with Gasteiger partial charge in [-0.2, -0.15) is 0 Å². The van der Waals surface area contributed by atoms with Crippen LogP contribution in [-0.2, 0) is 10.5 Å². The molecule has 3 nitrogen and oxygen atoms in total. The van der Waals surface area contributed by atoms with Gasteiger partial charge in [0.15, 0.2) is 0 Å². The number of aryl methyl sites for hydroxylation is 1. The fourth-order valence-electron chi connectivity index (χ4n) is 3.26. The van der Waals surface area contributed by atoms with Gasteiger partial charge in [0.05, 0.1) is 11.3 Å². The van der Waals surface area contributed by atoms with E-state index in [1.165, 1.54) is 11.1 Å². The molecule has 1 amide bonds. The SMILES string of the molecule is Cc1ccc2c(c1)[C@@H](NC(=O)[C@H](C)SCc1ccccc1)CC(C)(C)O2. The van der Waals surface area contributed by atoms with Crippen LogP contribution in [0.3, 0.4) is 0 Å². The van der Waals surface area contributed by atoms with Crippen LogP contribution in [0.15, 0.2) is 48.5 Å². The number of fused-ring (bicyclic) bond motifs is 1. The highest BCUT2D eigenvalue weighted by atomic mass is 32.2. The molecule has 0 saturated heterocycles. The summed E-state index contributed by atoms with van der Waals surface area (Å²) >= 11 is 1.67.